The van der Waals surface area contributed by atoms with Gasteiger partial charge in [-0.2, -0.15) is 5.10 Å². The normalized spacial score (nSPS) is 15.2. The average Bonchev–Trinajstić information content (AvgIpc) is 3.53. The minimum atomic E-state index is -0.898. The van der Waals surface area contributed by atoms with E-state index in [-0.39, 0.29) is 13.1 Å². The van der Waals surface area contributed by atoms with Gasteiger partial charge < -0.3 is 4.42 Å². The molecule has 0 aliphatic carbocycles. The van der Waals surface area contributed by atoms with E-state index >= 15 is 0 Å². The van der Waals surface area contributed by atoms with Crippen LogP contribution in [0.25, 0.3) is 0 Å². The number of hydrogen-bond donors (Lipinski definition) is 0. The predicted molar refractivity (Wildman–Crippen MR) is 130 cm³/mol. The van der Waals surface area contributed by atoms with Crippen molar-refractivity contribution in [3.63, 3.8) is 0 Å². The lowest BCUT2D eigenvalue weighted by Crippen LogP contribution is -2.55. The van der Waals surface area contributed by atoms with E-state index in [9.17, 15) is 19.2 Å². The van der Waals surface area contributed by atoms with Crippen molar-refractivity contribution in [3.8, 4) is 0 Å². The van der Waals surface area contributed by atoms with E-state index in [1.54, 1.807) is 12.1 Å². The Balaban J connectivity index is 1.75. The summed E-state index contributed by atoms with van der Waals surface area (Å²) in [4.78, 5) is 51.9. The second-order valence-corrected chi connectivity index (χ2v) is 8.12. The molecule has 1 atom stereocenters. The summed E-state index contributed by atoms with van der Waals surface area (Å²) in [5.74, 6) is -0.0704. The summed E-state index contributed by atoms with van der Waals surface area (Å²) in [5, 5.41) is 5.77. The smallest absolute Gasteiger partial charge is 0.337 e. The van der Waals surface area contributed by atoms with Gasteiger partial charge in [0.15, 0.2) is 0 Å². The van der Waals surface area contributed by atoms with Crippen molar-refractivity contribution < 1.29 is 9.21 Å². The molecular formula is C25H25N5O5. The highest BCUT2D eigenvalue weighted by atomic mass is 16.3. The molecule has 1 unspecified atom stereocenters. The fraction of sp³-hybridized carbons (Fsp3) is 0.240. The third-order valence-corrected chi connectivity index (χ3v) is 5.72. The topological polar surface area (TPSA) is 112 Å². The molecule has 1 aromatic carbocycles. The standard InChI is InChI=1S/C25H25N5O5/c1-4-12-27-23(32)28(13-5-2)25(34)29(24(27)33)16-22(31)30-20(21-7-6-14-35-21)15-19(26-30)18-10-8-17(3)9-11-18/h4-11,14,20H,1-2,12-13,15-16H2,3H3. The zero-order valence-corrected chi connectivity index (χ0v) is 19.3. The SMILES string of the molecule is C=CCn1c(=O)n(CC=C)c(=O)n(CC(=O)N2N=C(c3ccc(C)cc3)CC2c2ccco2)c1=O. The number of nitrogens with zero attached hydrogens (tertiary/aromatic N) is 5. The number of rotatable bonds is 8. The van der Waals surface area contributed by atoms with Gasteiger partial charge in [0.2, 0.25) is 0 Å². The van der Waals surface area contributed by atoms with Gasteiger partial charge >= 0.3 is 17.1 Å². The monoisotopic (exact) mass is 475 g/mol. The summed E-state index contributed by atoms with van der Waals surface area (Å²) >= 11 is 0. The van der Waals surface area contributed by atoms with E-state index in [1.165, 1.54) is 23.4 Å². The molecule has 0 radical (unpaired) electrons. The first-order chi connectivity index (χ1) is 16.8. The number of amides is 1. The molecule has 0 fully saturated rings. The van der Waals surface area contributed by atoms with Gasteiger partial charge in [-0.05, 0) is 24.6 Å². The Labute approximate surface area is 200 Å². The van der Waals surface area contributed by atoms with Gasteiger partial charge in [-0.15, -0.1) is 13.2 Å². The molecule has 0 spiro atoms. The van der Waals surface area contributed by atoms with Crippen LogP contribution >= 0.6 is 0 Å². The lowest BCUT2D eigenvalue weighted by atomic mass is 10.0. The molecular weight excluding hydrogens is 450 g/mol. The van der Waals surface area contributed by atoms with E-state index in [0.29, 0.717) is 17.9 Å². The first-order valence-corrected chi connectivity index (χ1v) is 11.0. The zero-order chi connectivity index (χ0) is 25.1. The minimum Gasteiger partial charge on any atom is -0.467 e. The lowest BCUT2D eigenvalue weighted by Gasteiger charge is -2.20. The van der Waals surface area contributed by atoms with Crippen LogP contribution in [0.3, 0.4) is 0 Å². The highest BCUT2D eigenvalue weighted by Gasteiger charge is 2.35. The van der Waals surface area contributed by atoms with Crippen LogP contribution in [0.15, 0.2) is 91.9 Å². The van der Waals surface area contributed by atoms with Crippen molar-refractivity contribution in [3.05, 3.63) is 116 Å². The average molecular weight is 476 g/mol. The second-order valence-electron chi connectivity index (χ2n) is 8.12. The molecule has 1 amide bonds. The Hall–Kier alpha value is -4.47. The van der Waals surface area contributed by atoms with Crippen LogP contribution in [0.2, 0.25) is 0 Å². The van der Waals surface area contributed by atoms with Crippen LogP contribution in [-0.4, -0.2) is 30.3 Å². The maximum Gasteiger partial charge on any atom is 0.337 e. The Kier molecular flexibility index (Phi) is 6.63. The molecule has 180 valence electrons. The molecule has 0 N–H and O–H groups in total. The first-order valence-electron chi connectivity index (χ1n) is 11.0. The van der Waals surface area contributed by atoms with Crippen LogP contribution in [0.5, 0.6) is 0 Å². The molecule has 2 aromatic heterocycles. The van der Waals surface area contributed by atoms with Crippen molar-refractivity contribution in [1.82, 2.24) is 18.7 Å². The Bertz CT molecular complexity index is 1420. The van der Waals surface area contributed by atoms with E-state index in [0.717, 1.165) is 24.8 Å². The fourth-order valence-electron chi connectivity index (χ4n) is 3.96. The molecule has 10 heteroatoms. The zero-order valence-electron chi connectivity index (χ0n) is 19.3. The number of furan rings is 1. The number of allylic oxidation sites excluding steroid dienone is 2. The molecule has 3 aromatic rings. The predicted octanol–water partition coefficient (Wildman–Crippen LogP) is 1.82. The number of hydrogen-bond acceptors (Lipinski definition) is 6. The van der Waals surface area contributed by atoms with Crippen LogP contribution < -0.4 is 17.1 Å². The molecule has 1 aliphatic heterocycles. The van der Waals surface area contributed by atoms with E-state index in [2.05, 4.69) is 18.3 Å². The van der Waals surface area contributed by atoms with Gasteiger partial charge in [0, 0.05) is 6.42 Å². The molecule has 0 saturated carbocycles. The summed E-state index contributed by atoms with van der Waals surface area (Å²) in [6, 6.07) is 10.7. The molecule has 3 heterocycles. The van der Waals surface area contributed by atoms with Crippen molar-refractivity contribution in [2.75, 3.05) is 0 Å². The van der Waals surface area contributed by atoms with Crippen LogP contribution in [0.1, 0.15) is 29.3 Å². The van der Waals surface area contributed by atoms with E-state index in [4.69, 9.17) is 4.42 Å². The van der Waals surface area contributed by atoms with E-state index < -0.39 is 35.6 Å². The lowest BCUT2D eigenvalue weighted by molar-refractivity contribution is -0.134. The molecule has 4 rings (SSSR count). The molecule has 35 heavy (non-hydrogen) atoms. The first kappa shape index (κ1) is 23.7. The third-order valence-electron chi connectivity index (χ3n) is 5.72. The third kappa shape index (κ3) is 4.50. The van der Waals surface area contributed by atoms with Gasteiger partial charge in [0.05, 0.1) is 25.1 Å². The maximum atomic E-state index is 13.4. The number of carbonyl (C=O) groups excluding carboxylic acids is 1. The van der Waals surface area contributed by atoms with Gasteiger partial charge in [-0.3, -0.25) is 4.79 Å². The number of hydrazone groups is 1. The highest BCUT2D eigenvalue weighted by molar-refractivity contribution is 6.03. The van der Waals surface area contributed by atoms with Crippen LogP contribution in [0, 0.1) is 6.92 Å². The minimum absolute atomic E-state index is 0.113. The second kappa shape index (κ2) is 9.80. The Morgan fingerprint density at radius 3 is 2.14 bits per heavy atom. The molecule has 0 bridgehead atoms. The van der Waals surface area contributed by atoms with Crippen molar-refractivity contribution in [2.45, 2.75) is 39.0 Å². The number of aromatic nitrogens is 3. The van der Waals surface area contributed by atoms with Gasteiger partial charge in [0.1, 0.15) is 18.3 Å². The molecule has 10 nitrogen and oxygen atoms in total. The molecule has 1 aliphatic rings. The van der Waals surface area contributed by atoms with Gasteiger partial charge in [0.25, 0.3) is 5.91 Å². The summed E-state index contributed by atoms with van der Waals surface area (Å²) in [6.07, 6.45) is 4.63. The number of benzene rings is 1. The van der Waals surface area contributed by atoms with Crippen molar-refractivity contribution in [1.29, 1.82) is 0 Å². The summed E-state index contributed by atoms with van der Waals surface area (Å²) in [5.41, 5.74) is 0.0286. The Morgan fingerprint density at radius 1 is 1.00 bits per heavy atom. The molecule has 0 saturated heterocycles. The summed E-state index contributed by atoms with van der Waals surface area (Å²) in [7, 11) is 0. The quantitative estimate of drug-likeness (QED) is 0.462. The summed E-state index contributed by atoms with van der Waals surface area (Å²) < 4.78 is 7.97. The highest BCUT2D eigenvalue weighted by Crippen LogP contribution is 2.33. The van der Waals surface area contributed by atoms with Crippen LogP contribution in [0.4, 0.5) is 0 Å². The largest absolute Gasteiger partial charge is 0.467 e. The number of aryl methyl sites for hydroxylation is 1. The van der Waals surface area contributed by atoms with E-state index in [1.807, 2.05) is 31.2 Å². The number of carbonyl (C=O) groups is 1. The van der Waals surface area contributed by atoms with Crippen molar-refractivity contribution in [2.24, 2.45) is 5.10 Å². The van der Waals surface area contributed by atoms with Crippen molar-refractivity contribution >= 4 is 11.6 Å². The summed E-state index contributed by atoms with van der Waals surface area (Å²) in [6.45, 7) is 8.25. The van der Waals surface area contributed by atoms with Crippen LogP contribution in [-0.2, 0) is 24.4 Å². The Morgan fingerprint density at radius 2 is 1.60 bits per heavy atom. The maximum absolute atomic E-state index is 13.4. The van der Waals surface area contributed by atoms with Gasteiger partial charge in [-0.25, -0.2) is 33.1 Å². The fourth-order valence-corrected chi connectivity index (χ4v) is 3.96. The van der Waals surface area contributed by atoms with Gasteiger partial charge in [-0.1, -0.05) is 42.0 Å².